The van der Waals surface area contributed by atoms with Crippen LogP contribution in [0.15, 0.2) is 66.9 Å². The Morgan fingerprint density at radius 2 is 1.65 bits per heavy atom. The zero-order valence-corrected chi connectivity index (χ0v) is 27.1. The summed E-state index contributed by atoms with van der Waals surface area (Å²) in [6, 6.07) is 19.4. The molecule has 2 atom stereocenters. The fourth-order valence-corrected chi connectivity index (χ4v) is 6.24. The Morgan fingerprint density at radius 3 is 2.33 bits per heavy atom. The van der Waals surface area contributed by atoms with E-state index in [9.17, 15) is 9.90 Å². The fraction of sp³-hybridized carbons (Fsp3) is 0.294. The zero-order chi connectivity index (χ0) is 32.2. The predicted octanol–water partition coefficient (Wildman–Crippen LogP) is 5.28. The first kappa shape index (κ1) is 31.9. The van der Waals surface area contributed by atoms with Crippen LogP contribution >= 0.6 is 23.2 Å². The van der Waals surface area contributed by atoms with Crippen molar-refractivity contribution in [1.29, 1.82) is 0 Å². The minimum absolute atomic E-state index is 0.100. The summed E-state index contributed by atoms with van der Waals surface area (Å²) in [5, 5.41) is 24.9. The van der Waals surface area contributed by atoms with E-state index in [-0.39, 0.29) is 11.9 Å². The molecule has 1 aliphatic rings. The average Bonchev–Trinajstić information content (AvgIpc) is 3.66. The summed E-state index contributed by atoms with van der Waals surface area (Å²) in [6.45, 7) is 3.97. The highest BCUT2D eigenvalue weighted by molar-refractivity contribution is 6.39. The molecule has 46 heavy (non-hydrogen) atoms. The summed E-state index contributed by atoms with van der Waals surface area (Å²) in [7, 11) is 1.60. The van der Waals surface area contributed by atoms with E-state index in [4.69, 9.17) is 38.0 Å². The zero-order valence-electron chi connectivity index (χ0n) is 25.6. The van der Waals surface area contributed by atoms with Crippen LogP contribution in [0.5, 0.6) is 5.88 Å². The molecule has 1 fully saturated rings. The SMILES string of the molecule is COc1nc(-c2cccc(-c3cccc(-c4ccc5nc(CNCC(C)O)cn5n4)c3Cl)c2Cl)ccc1CNC[C@@H]1CCC(=O)N1. The summed E-state index contributed by atoms with van der Waals surface area (Å²) < 4.78 is 7.37. The van der Waals surface area contributed by atoms with Crippen molar-refractivity contribution >= 4 is 34.8 Å². The number of methoxy groups -OCH3 is 1. The van der Waals surface area contributed by atoms with Crippen molar-refractivity contribution in [2.75, 3.05) is 20.2 Å². The number of carbonyl (C=O) groups is 1. The molecule has 6 rings (SSSR count). The first-order valence-corrected chi connectivity index (χ1v) is 15.9. The first-order valence-electron chi connectivity index (χ1n) is 15.2. The summed E-state index contributed by atoms with van der Waals surface area (Å²) in [6.07, 6.45) is 2.84. The molecule has 238 valence electrons. The minimum Gasteiger partial charge on any atom is -0.481 e. The topological polar surface area (TPSA) is 126 Å². The van der Waals surface area contributed by atoms with Crippen molar-refractivity contribution in [3.8, 4) is 39.5 Å². The smallest absolute Gasteiger partial charge is 0.220 e. The lowest BCUT2D eigenvalue weighted by Crippen LogP contribution is -2.35. The lowest BCUT2D eigenvalue weighted by molar-refractivity contribution is -0.119. The third kappa shape index (κ3) is 7.01. The number of halogens is 2. The fourth-order valence-electron chi connectivity index (χ4n) is 5.59. The van der Waals surface area contributed by atoms with Crippen molar-refractivity contribution < 1.29 is 14.6 Å². The maximum atomic E-state index is 11.5. The van der Waals surface area contributed by atoms with Crippen LogP contribution in [-0.2, 0) is 17.9 Å². The Balaban J connectivity index is 1.24. The molecular weight excluding hydrogens is 625 g/mol. The van der Waals surface area contributed by atoms with E-state index in [1.54, 1.807) is 18.5 Å². The number of rotatable bonds is 12. The highest BCUT2D eigenvalue weighted by Gasteiger charge is 2.21. The van der Waals surface area contributed by atoms with Gasteiger partial charge in [0.15, 0.2) is 5.65 Å². The van der Waals surface area contributed by atoms with E-state index in [0.29, 0.717) is 65.6 Å². The molecule has 4 N–H and O–H groups in total. The highest BCUT2D eigenvalue weighted by Crippen LogP contribution is 2.42. The molecule has 0 bridgehead atoms. The van der Waals surface area contributed by atoms with Crippen LogP contribution in [0.2, 0.25) is 10.0 Å². The van der Waals surface area contributed by atoms with Gasteiger partial charge in [0.25, 0.3) is 0 Å². The predicted molar refractivity (Wildman–Crippen MR) is 180 cm³/mol. The van der Waals surface area contributed by atoms with Gasteiger partial charge < -0.3 is 25.8 Å². The average molecular weight is 661 g/mol. The number of aromatic nitrogens is 4. The van der Waals surface area contributed by atoms with Crippen molar-refractivity contribution in [3.63, 3.8) is 0 Å². The third-order valence-electron chi connectivity index (χ3n) is 7.88. The van der Waals surface area contributed by atoms with Gasteiger partial charge in [-0.05, 0) is 31.5 Å². The van der Waals surface area contributed by atoms with Gasteiger partial charge in [0.05, 0.1) is 46.5 Å². The van der Waals surface area contributed by atoms with E-state index < -0.39 is 6.10 Å². The molecule has 3 aromatic heterocycles. The number of fused-ring (bicyclic) bond motifs is 1. The molecule has 0 saturated carbocycles. The molecule has 12 heteroatoms. The number of amides is 1. The van der Waals surface area contributed by atoms with Crippen LogP contribution < -0.4 is 20.7 Å². The molecule has 5 aromatic rings. The number of ether oxygens (including phenoxy) is 1. The molecule has 4 heterocycles. The lowest BCUT2D eigenvalue weighted by Gasteiger charge is -2.15. The van der Waals surface area contributed by atoms with Crippen LogP contribution in [-0.4, -0.2) is 62.9 Å². The largest absolute Gasteiger partial charge is 0.481 e. The van der Waals surface area contributed by atoms with E-state index in [1.807, 2.05) is 66.9 Å². The molecule has 0 aliphatic carbocycles. The van der Waals surface area contributed by atoms with Crippen molar-refractivity contribution in [2.24, 2.45) is 0 Å². The Hall–Kier alpha value is -4.06. The second kappa shape index (κ2) is 14.1. The highest BCUT2D eigenvalue weighted by atomic mass is 35.5. The Kier molecular flexibility index (Phi) is 9.81. The van der Waals surface area contributed by atoms with Crippen molar-refractivity contribution in [1.82, 2.24) is 35.5 Å². The molecular formula is C34H35Cl2N7O3. The number of carbonyl (C=O) groups excluding carboxylic acids is 1. The second-order valence-corrected chi connectivity index (χ2v) is 12.1. The number of pyridine rings is 1. The van der Waals surface area contributed by atoms with E-state index in [1.165, 1.54) is 0 Å². The number of aliphatic hydroxyl groups excluding tert-OH is 1. The minimum atomic E-state index is -0.433. The number of hydrogen-bond acceptors (Lipinski definition) is 8. The van der Waals surface area contributed by atoms with E-state index >= 15 is 0 Å². The summed E-state index contributed by atoms with van der Waals surface area (Å²) in [4.78, 5) is 20.9. The van der Waals surface area contributed by atoms with Gasteiger partial charge in [-0.1, -0.05) is 65.7 Å². The Morgan fingerprint density at radius 1 is 0.957 bits per heavy atom. The quantitative estimate of drug-likeness (QED) is 0.143. The van der Waals surface area contributed by atoms with Gasteiger partial charge in [0.2, 0.25) is 11.8 Å². The van der Waals surface area contributed by atoms with Gasteiger partial charge in [-0.25, -0.2) is 14.5 Å². The second-order valence-electron chi connectivity index (χ2n) is 11.4. The first-order chi connectivity index (χ1) is 22.3. The van der Waals surface area contributed by atoms with Gasteiger partial charge in [0, 0.05) is 66.5 Å². The van der Waals surface area contributed by atoms with Crippen LogP contribution in [0.25, 0.3) is 39.3 Å². The molecule has 2 aromatic carbocycles. The van der Waals surface area contributed by atoms with Crippen molar-refractivity contribution in [2.45, 2.75) is 45.0 Å². The van der Waals surface area contributed by atoms with Crippen LogP contribution in [0, 0.1) is 0 Å². The maximum Gasteiger partial charge on any atom is 0.220 e. The Bertz CT molecular complexity index is 1880. The molecule has 10 nitrogen and oxygen atoms in total. The summed E-state index contributed by atoms with van der Waals surface area (Å²) in [5.74, 6) is 0.605. The van der Waals surface area contributed by atoms with Gasteiger partial charge >= 0.3 is 0 Å². The van der Waals surface area contributed by atoms with Gasteiger partial charge in [0.1, 0.15) is 0 Å². The molecule has 0 spiro atoms. The number of imidazole rings is 1. The number of hydrogen-bond donors (Lipinski definition) is 4. The number of aliphatic hydroxyl groups is 1. The molecule has 1 amide bonds. The normalized spacial score (nSPS) is 15.3. The summed E-state index contributed by atoms with van der Waals surface area (Å²) in [5.41, 5.74) is 6.87. The number of nitrogens with zero attached hydrogens (tertiary/aromatic N) is 4. The van der Waals surface area contributed by atoms with Crippen LogP contribution in [0.3, 0.4) is 0 Å². The third-order valence-corrected chi connectivity index (χ3v) is 8.69. The Labute approximate surface area is 277 Å². The molecule has 1 aliphatic heterocycles. The van der Waals surface area contributed by atoms with E-state index in [2.05, 4.69) is 20.9 Å². The van der Waals surface area contributed by atoms with E-state index in [0.717, 1.165) is 39.9 Å². The van der Waals surface area contributed by atoms with Crippen LogP contribution in [0.1, 0.15) is 31.0 Å². The van der Waals surface area contributed by atoms with Gasteiger partial charge in [-0.3, -0.25) is 4.79 Å². The number of nitrogens with one attached hydrogen (secondary N) is 3. The maximum absolute atomic E-state index is 11.5. The monoisotopic (exact) mass is 659 g/mol. The van der Waals surface area contributed by atoms with Gasteiger partial charge in [-0.2, -0.15) is 5.10 Å². The lowest BCUT2D eigenvalue weighted by atomic mass is 9.98. The molecule has 1 unspecified atom stereocenters. The standard InChI is InChI=1S/C34H35Cl2N7O3/c1-20(44)15-37-18-23-19-43-30(39-23)13-12-29(42-43)27-8-4-6-25(33(27)36)24-5-3-7-26(32(24)35)28-11-9-21(34(41-28)46-2)16-38-17-22-10-14-31(45)40-22/h3-9,11-13,19-20,22,37-38,44H,10,14-18H2,1-2H3,(H,40,45)/t20?,22-/m0/s1. The van der Waals surface area contributed by atoms with Gasteiger partial charge in [-0.15, -0.1) is 0 Å². The van der Waals surface area contributed by atoms with Crippen LogP contribution in [0.4, 0.5) is 0 Å². The van der Waals surface area contributed by atoms with Crippen molar-refractivity contribution in [3.05, 3.63) is 88.2 Å². The molecule has 1 saturated heterocycles. The summed E-state index contributed by atoms with van der Waals surface area (Å²) >= 11 is 14.1. The molecule has 0 radical (unpaired) electrons. The number of benzene rings is 2.